The smallest absolute Gasteiger partial charge is 0.315 e. The fraction of sp³-hybridized carbons (Fsp3) is 0.444. The average molecular weight is 196 g/mol. The molecule has 0 unspecified atom stereocenters. The Balaban J connectivity index is 1.69. The van der Waals surface area contributed by atoms with Gasteiger partial charge in [0.25, 0.3) is 0 Å². The second kappa shape index (κ2) is 3.79. The molecule has 3 nitrogen and oxygen atoms in total. The molecule has 1 aromatic rings. The molecule has 1 aromatic heterocycles. The minimum Gasteiger partial charge on any atom is -0.335 e. The summed E-state index contributed by atoms with van der Waals surface area (Å²) in [5, 5.41) is 7.70. The summed E-state index contributed by atoms with van der Waals surface area (Å²) in [4.78, 5) is 12.4. The zero-order chi connectivity index (χ0) is 9.10. The van der Waals surface area contributed by atoms with Crippen LogP contribution in [-0.4, -0.2) is 12.1 Å². The van der Waals surface area contributed by atoms with Gasteiger partial charge < -0.3 is 10.6 Å². The summed E-state index contributed by atoms with van der Waals surface area (Å²) in [6.45, 7) is 0.635. The number of hydrogen-bond acceptors (Lipinski definition) is 2. The standard InChI is InChI=1S/C9H12N2OS/c12-9(11-7-3-4-7)10-6-8-2-1-5-13-8/h1-2,5,7H,3-4,6H2,(H2,10,11,12). The maximum absolute atomic E-state index is 11.2. The summed E-state index contributed by atoms with van der Waals surface area (Å²) in [7, 11) is 0. The third-order valence-electron chi connectivity index (χ3n) is 1.92. The van der Waals surface area contributed by atoms with Crippen LogP contribution >= 0.6 is 11.3 Å². The quantitative estimate of drug-likeness (QED) is 0.759. The number of thiophene rings is 1. The first-order valence-corrected chi connectivity index (χ1v) is 5.29. The van der Waals surface area contributed by atoms with Crippen LogP contribution in [0.1, 0.15) is 17.7 Å². The van der Waals surface area contributed by atoms with Gasteiger partial charge in [-0.15, -0.1) is 11.3 Å². The SMILES string of the molecule is O=C(NCc1cccs1)NC1CC1. The van der Waals surface area contributed by atoms with Crippen LogP contribution in [0, 0.1) is 0 Å². The maximum atomic E-state index is 11.2. The van der Waals surface area contributed by atoms with Gasteiger partial charge in [-0.1, -0.05) is 6.07 Å². The van der Waals surface area contributed by atoms with Gasteiger partial charge in [-0.25, -0.2) is 4.79 Å². The largest absolute Gasteiger partial charge is 0.335 e. The molecule has 0 atom stereocenters. The molecule has 13 heavy (non-hydrogen) atoms. The fourth-order valence-corrected chi connectivity index (χ4v) is 1.69. The van der Waals surface area contributed by atoms with Crippen LogP contribution in [0.4, 0.5) is 4.79 Å². The topological polar surface area (TPSA) is 41.1 Å². The summed E-state index contributed by atoms with van der Waals surface area (Å²) in [6, 6.07) is 4.39. The van der Waals surface area contributed by atoms with Gasteiger partial charge in [-0.3, -0.25) is 0 Å². The molecule has 2 rings (SSSR count). The van der Waals surface area contributed by atoms with Crippen LogP contribution in [-0.2, 0) is 6.54 Å². The maximum Gasteiger partial charge on any atom is 0.315 e. The monoisotopic (exact) mass is 196 g/mol. The van der Waals surface area contributed by atoms with Gasteiger partial charge in [0.05, 0.1) is 6.54 Å². The van der Waals surface area contributed by atoms with Crippen molar-refractivity contribution in [2.24, 2.45) is 0 Å². The summed E-state index contributed by atoms with van der Waals surface area (Å²) in [5.74, 6) is 0. The lowest BCUT2D eigenvalue weighted by molar-refractivity contribution is 0.240. The molecule has 0 saturated heterocycles. The molecule has 1 saturated carbocycles. The molecule has 0 radical (unpaired) electrons. The second-order valence-electron chi connectivity index (χ2n) is 3.18. The van der Waals surface area contributed by atoms with Gasteiger partial charge in [-0.05, 0) is 24.3 Å². The van der Waals surface area contributed by atoms with E-state index in [2.05, 4.69) is 10.6 Å². The molecule has 70 valence electrons. The Bertz CT molecular complexity index is 280. The first kappa shape index (κ1) is 8.56. The van der Waals surface area contributed by atoms with E-state index in [4.69, 9.17) is 0 Å². The van der Waals surface area contributed by atoms with E-state index in [1.807, 2.05) is 17.5 Å². The Morgan fingerprint density at radius 3 is 3.08 bits per heavy atom. The van der Waals surface area contributed by atoms with E-state index in [1.54, 1.807) is 11.3 Å². The zero-order valence-corrected chi connectivity index (χ0v) is 8.06. The molecule has 2 amide bonds. The molecule has 1 aliphatic rings. The van der Waals surface area contributed by atoms with Crippen molar-refractivity contribution in [3.05, 3.63) is 22.4 Å². The van der Waals surface area contributed by atoms with Crippen LogP contribution < -0.4 is 10.6 Å². The number of carbonyl (C=O) groups excluding carboxylic acids is 1. The molecular formula is C9H12N2OS. The molecule has 1 heterocycles. The predicted octanol–water partition coefficient (Wildman–Crippen LogP) is 1.71. The predicted molar refractivity (Wildman–Crippen MR) is 52.7 cm³/mol. The summed E-state index contributed by atoms with van der Waals surface area (Å²) < 4.78 is 0. The van der Waals surface area contributed by atoms with Crippen LogP contribution in [0.5, 0.6) is 0 Å². The highest BCUT2D eigenvalue weighted by Crippen LogP contribution is 2.18. The number of amides is 2. The van der Waals surface area contributed by atoms with Crippen LogP contribution in [0.15, 0.2) is 17.5 Å². The van der Waals surface area contributed by atoms with E-state index >= 15 is 0 Å². The highest BCUT2D eigenvalue weighted by Gasteiger charge is 2.22. The van der Waals surface area contributed by atoms with E-state index in [1.165, 1.54) is 4.88 Å². The molecule has 1 fully saturated rings. The van der Waals surface area contributed by atoms with Crippen LogP contribution in [0.3, 0.4) is 0 Å². The minimum atomic E-state index is -0.0455. The lowest BCUT2D eigenvalue weighted by atomic mass is 10.5. The van der Waals surface area contributed by atoms with Crippen molar-refractivity contribution in [1.82, 2.24) is 10.6 Å². The van der Waals surface area contributed by atoms with Crippen LogP contribution in [0.2, 0.25) is 0 Å². The Kier molecular flexibility index (Phi) is 2.49. The van der Waals surface area contributed by atoms with Gasteiger partial charge in [0.1, 0.15) is 0 Å². The Hall–Kier alpha value is -1.03. The van der Waals surface area contributed by atoms with E-state index < -0.39 is 0 Å². The lowest BCUT2D eigenvalue weighted by Crippen LogP contribution is -2.36. The van der Waals surface area contributed by atoms with Gasteiger partial charge in [-0.2, -0.15) is 0 Å². The second-order valence-corrected chi connectivity index (χ2v) is 4.21. The molecule has 0 spiro atoms. The molecule has 1 aliphatic carbocycles. The highest BCUT2D eigenvalue weighted by molar-refractivity contribution is 7.09. The van der Waals surface area contributed by atoms with Crippen LogP contribution in [0.25, 0.3) is 0 Å². The minimum absolute atomic E-state index is 0.0455. The van der Waals surface area contributed by atoms with Gasteiger partial charge in [0, 0.05) is 10.9 Å². The van der Waals surface area contributed by atoms with E-state index in [-0.39, 0.29) is 6.03 Å². The number of nitrogens with one attached hydrogen (secondary N) is 2. The summed E-state index contributed by atoms with van der Waals surface area (Å²) in [6.07, 6.45) is 2.26. The van der Waals surface area contributed by atoms with Crippen molar-refractivity contribution < 1.29 is 4.79 Å². The van der Waals surface area contributed by atoms with Crippen molar-refractivity contribution in [1.29, 1.82) is 0 Å². The van der Waals surface area contributed by atoms with Crippen molar-refractivity contribution in [3.63, 3.8) is 0 Å². The van der Waals surface area contributed by atoms with Crippen molar-refractivity contribution >= 4 is 17.4 Å². The Morgan fingerprint density at radius 2 is 2.46 bits per heavy atom. The first-order chi connectivity index (χ1) is 6.34. The fourth-order valence-electron chi connectivity index (χ4n) is 1.04. The number of carbonyl (C=O) groups is 1. The van der Waals surface area contributed by atoms with E-state index in [0.717, 1.165) is 12.8 Å². The highest BCUT2D eigenvalue weighted by atomic mass is 32.1. The van der Waals surface area contributed by atoms with E-state index in [0.29, 0.717) is 12.6 Å². The number of hydrogen-bond donors (Lipinski definition) is 2. The molecular weight excluding hydrogens is 184 g/mol. The molecule has 0 aromatic carbocycles. The molecule has 2 N–H and O–H groups in total. The molecule has 0 bridgehead atoms. The average Bonchev–Trinajstić information content (AvgIpc) is 2.78. The van der Waals surface area contributed by atoms with Crippen molar-refractivity contribution in [3.8, 4) is 0 Å². The molecule has 0 aliphatic heterocycles. The van der Waals surface area contributed by atoms with E-state index in [9.17, 15) is 4.79 Å². The van der Waals surface area contributed by atoms with Crippen molar-refractivity contribution in [2.75, 3.05) is 0 Å². The third-order valence-corrected chi connectivity index (χ3v) is 2.79. The molecule has 4 heteroatoms. The zero-order valence-electron chi connectivity index (χ0n) is 7.25. The number of rotatable bonds is 3. The van der Waals surface area contributed by atoms with Gasteiger partial charge in [0.15, 0.2) is 0 Å². The first-order valence-electron chi connectivity index (χ1n) is 4.41. The normalized spacial score (nSPS) is 15.4. The third kappa shape index (κ3) is 2.73. The Labute approximate surface area is 81.2 Å². The number of urea groups is 1. The van der Waals surface area contributed by atoms with Gasteiger partial charge >= 0.3 is 6.03 Å². The Morgan fingerprint density at radius 1 is 1.62 bits per heavy atom. The van der Waals surface area contributed by atoms with Crippen molar-refractivity contribution in [2.45, 2.75) is 25.4 Å². The summed E-state index contributed by atoms with van der Waals surface area (Å²) in [5.41, 5.74) is 0. The summed E-state index contributed by atoms with van der Waals surface area (Å²) >= 11 is 1.66. The van der Waals surface area contributed by atoms with Gasteiger partial charge in [0.2, 0.25) is 0 Å². The lowest BCUT2D eigenvalue weighted by Gasteiger charge is -2.04.